The van der Waals surface area contributed by atoms with E-state index in [1.807, 2.05) is 77.1 Å². The minimum Gasteiger partial charge on any atom is -0.354 e. The minimum absolute atomic E-state index is 0.0463. The molecule has 4 aromatic carbocycles. The number of nitrogens with one attached hydrogen (secondary N) is 1. The van der Waals surface area contributed by atoms with Gasteiger partial charge in [-0.3, -0.25) is 13.9 Å². The van der Waals surface area contributed by atoms with Gasteiger partial charge in [-0.1, -0.05) is 117 Å². The topological polar surface area (TPSA) is 86.8 Å². The molecule has 4 rings (SSSR count). The van der Waals surface area contributed by atoms with Gasteiger partial charge in [0.05, 0.1) is 10.6 Å². The third-order valence-corrected chi connectivity index (χ3v) is 10.6. The summed E-state index contributed by atoms with van der Waals surface area (Å²) in [6.07, 6.45) is 0.187. The molecule has 0 unspecified atom stereocenters. The quantitative estimate of drug-likeness (QED) is 0.144. The van der Waals surface area contributed by atoms with Crippen molar-refractivity contribution in [1.82, 2.24) is 10.2 Å². The second-order valence-electron chi connectivity index (χ2n) is 12.6. The number of hydrogen-bond donors (Lipinski definition) is 1. The fourth-order valence-corrected chi connectivity index (χ4v) is 7.15. The van der Waals surface area contributed by atoms with Crippen LogP contribution in [0.4, 0.5) is 5.69 Å². The van der Waals surface area contributed by atoms with Gasteiger partial charge >= 0.3 is 0 Å². The van der Waals surface area contributed by atoms with E-state index < -0.39 is 28.5 Å². The highest BCUT2D eigenvalue weighted by Gasteiger charge is 2.35. The van der Waals surface area contributed by atoms with Crippen LogP contribution in [0.1, 0.15) is 55.9 Å². The first-order valence-electron chi connectivity index (χ1n) is 16.0. The monoisotopic (exact) mass is 707 g/mol. The lowest BCUT2D eigenvalue weighted by Crippen LogP contribution is -2.53. The van der Waals surface area contributed by atoms with Crippen LogP contribution in [0.25, 0.3) is 0 Å². The number of carbonyl (C=O) groups excluding carboxylic acids is 2. The molecule has 10 heteroatoms. The Morgan fingerprint density at radius 1 is 0.792 bits per heavy atom. The molecule has 0 aliphatic heterocycles. The molecule has 7 nitrogen and oxygen atoms in total. The SMILES string of the molecule is Cc1ccc(S(=O)(=O)N(CC(=O)N(Cc2c(Cl)cccc2Cl)[C@@H](Cc2ccccc2)C(=O)NCC(C)C)c2ccc(C(C)C)cc2)cc1. The van der Waals surface area contributed by atoms with Gasteiger partial charge in [0.1, 0.15) is 12.6 Å². The maximum Gasteiger partial charge on any atom is 0.264 e. The Labute approximate surface area is 294 Å². The summed E-state index contributed by atoms with van der Waals surface area (Å²) in [6.45, 7) is 9.65. The third-order valence-electron chi connectivity index (χ3n) is 8.08. The Kier molecular flexibility index (Phi) is 12.7. The molecule has 0 radical (unpaired) electrons. The first-order valence-corrected chi connectivity index (χ1v) is 18.2. The Balaban J connectivity index is 1.84. The van der Waals surface area contributed by atoms with Crippen LogP contribution in [0.15, 0.2) is 102 Å². The van der Waals surface area contributed by atoms with E-state index in [2.05, 4.69) is 5.32 Å². The zero-order chi connectivity index (χ0) is 35.0. The number of amides is 2. The molecule has 0 aromatic heterocycles. The first kappa shape index (κ1) is 37.0. The first-order chi connectivity index (χ1) is 22.8. The molecular weight excluding hydrogens is 665 g/mol. The summed E-state index contributed by atoms with van der Waals surface area (Å²) in [5.41, 5.74) is 3.54. The van der Waals surface area contributed by atoms with E-state index in [4.69, 9.17) is 23.2 Å². The Morgan fingerprint density at radius 3 is 1.96 bits per heavy atom. The summed E-state index contributed by atoms with van der Waals surface area (Å²) < 4.78 is 29.7. The number of anilines is 1. The second kappa shape index (κ2) is 16.5. The lowest BCUT2D eigenvalue weighted by atomic mass is 10.0. The molecule has 0 aliphatic rings. The average molecular weight is 709 g/mol. The lowest BCUT2D eigenvalue weighted by Gasteiger charge is -2.34. The number of halogens is 2. The van der Waals surface area contributed by atoms with E-state index in [1.54, 1.807) is 42.5 Å². The highest BCUT2D eigenvalue weighted by molar-refractivity contribution is 7.92. The molecular formula is C38H43Cl2N3O4S. The zero-order valence-electron chi connectivity index (χ0n) is 28.0. The number of aryl methyl sites for hydroxylation is 1. The molecule has 1 atom stereocenters. The van der Waals surface area contributed by atoms with Gasteiger partial charge in [-0.15, -0.1) is 0 Å². The van der Waals surface area contributed by atoms with E-state index >= 15 is 0 Å². The Hall–Kier alpha value is -3.85. The fraction of sp³-hybridized carbons (Fsp3) is 0.316. The summed E-state index contributed by atoms with van der Waals surface area (Å²) in [5.74, 6) is -0.562. The smallest absolute Gasteiger partial charge is 0.264 e. The predicted octanol–water partition coefficient (Wildman–Crippen LogP) is 8.03. The van der Waals surface area contributed by atoms with Gasteiger partial charge in [0.2, 0.25) is 11.8 Å². The van der Waals surface area contributed by atoms with Gasteiger partial charge in [-0.05, 0) is 66.3 Å². The van der Waals surface area contributed by atoms with Crippen LogP contribution in [0, 0.1) is 12.8 Å². The number of carbonyl (C=O) groups is 2. The summed E-state index contributed by atoms with van der Waals surface area (Å²) >= 11 is 13.2. The normalized spacial score (nSPS) is 12.2. The van der Waals surface area contributed by atoms with Crippen LogP contribution >= 0.6 is 23.2 Å². The second-order valence-corrected chi connectivity index (χ2v) is 15.3. The number of hydrogen-bond acceptors (Lipinski definition) is 4. The molecule has 0 bridgehead atoms. The molecule has 254 valence electrons. The van der Waals surface area contributed by atoms with Crippen molar-refractivity contribution in [3.63, 3.8) is 0 Å². The van der Waals surface area contributed by atoms with E-state index in [1.165, 1.54) is 17.0 Å². The molecule has 0 fully saturated rings. The fourth-order valence-electron chi connectivity index (χ4n) is 5.22. The number of nitrogens with zero attached hydrogens (tertiary/aromatic N) is 2. The van der Waals surface area contributed by atoms with Crippen molar-refractivity contribution >= 4 is 50.7 Å². The van der Waals surface area contributed by atoms with Gasteiger partial charge in [0, 0.05) is 35.1 Å². The molecule has 0 saturated heterocycles. The van der Waals surface area contributed by atoms with Crippen LogP contribution in [0.5, 0.6) is 0 Å². The van der Waals surface area contributed by atoms with Crippen molar-refractivity contribution < 1.29 is 18.0 Å². The van der Waals surface area contributed by atoms with Crippen molar-refractivity contribution in [1.29, 1.82) is 0 Å². The highest BCUT2D eigenvalue weighted by Crippen LogP contribution is 2.30. The van der Waals surface area contributed by atoms with Crippen molar-refractivity contribution in [2.75, 3.05) is 17.4 Å². The lowest BCUT2D eigenvalue weighted by molar-refractivity contribution is -0.140. The van der Waals surface area contributed by atoms with Gasteiger partial charge in [-0.25, -0.2) is 8.42 Å². The van der Waals surface area contributed by atoms with Crippen molar-refractivity contribution in [2.45, 2.75) is 64.4 Å². The molecule has 1 N–H and O–H groups in total. The predicted molar refractivity (Wildman–Crippen MR) is 195 cm³/mol. The minimum atomic E-state index is -4.21. The largest absolute Gasteiger partial charge is 0.354 e. The standard InChI is InChI=1S/C38H43Cl2N3O4S/c1-26(2)23-41-38(45)36(22-29-10-7-6-8-11-29)42(24-33-34(39)12-9-13-35(33)40)37(44)25-43(31-18-16-30(17-19-31)27(3)4)48(46,47)32-20-14-28(5)15-21-32/h6-21,26-27,36H,22-25H2,1-5H3,(H,41,45)/t36-/m0/s1. The van der Waals surface area contributed by atoms with Gasteiger partial charge in [0.15, 0.2) is 0 Å². The zero-order valence-corrected chi connectivity index (χ0v) is 30.3. The highest BCUT2D eigenvalue weighted by atomic mass is 35.5. The van der Waals surface area contributed by atoms with Gasteiger partial charge in [-0.2, -0.15) is 0 Å². The van der Waals surface area contributed by atoms with Crippen LogP contribution < -0.4 is 9.62 Å². The van der Waals surface area contributed by atoms with Crippen molar-refractivity contribution in [2.24, 2.45) is 5.92 Å². The van der Waals surface area contributed by atoms with Crippen LogP contribution in [-0.2, 0) is 32.6 Å². The van der Waals surface area contributed by atoms with E-state index in [9.17, 15) is 18.0 Å². The molecule has 48 heavy (non-hydrogen) atoms. The molecule has 0 heterocycles. The Bertz CT molecular complexity index is 1780. The maximum atomic E-state index is 14.7. The molecule has 0 spiro atoms. The van der Waals surface area contributed by atoms with Gasteiger partial charge in [0.25, 0.3) is 10.0 Å². The average Bonchev–Trinajstić information content (AvgIpc) is 3.05. The number of benzene rings is 4. The number of rotatable bonds is 14. The maximum absolute atomic E-state index is 14.7. The van der Waals surface area contributed by atoms with Gasteiger partial charge < -0.3 is 10.2 Å². The molecule has 2 amide bonds. The molecule has 0 aliphatic carbocycles. The molecule has 4 aromatic rings. The van der Waals surface area contributed by atoms with E-state index in [0.29, 0.717) is 27.8 Å². The van der Waals surface area contributed by atoms with E-state index in [-0.39, 0.29) is 35.6 Å². The summed E-state index contributed by atoms with van der Waals surface area (Å²) in [7, 11) is -4.21. The summed E-state index contributed by atoms with van der Waals surface area (Å²) in [5, 5.41) is 3.64. The van der Waals surface area contributed by atoms with Crippen LogP contribution in [0.2, 0.25) is 10.0 Å². The van der Waals surface area contributed by atoms with E-state index in [0.717, 1.165) is 21.0 Å². The number of sulfonamides is 1. The van der Waals surface area contributed by atoms with Crippen molar-refractivity contribution in [3.8, 4) is 0 Å². The summed E-state index contributed by atoms with van der Waals surface area (Å²) in [6, 6.07) is 27.1. The van der Waals surface area contributed by atoms with Crippen LogP contribution in [-0.4, -0.2) is 44.3 Å². The molecule has 0 saturated carbocycles. The van der Waals surface area contributed by atoms with Crippen molar-refractivity contribution in [3.05, 3.63) is 129 Å². The Morgan fingerprint density at radius 2 is 1.40 bits per heavy atom. The summed E-state index contributed by atoms with van der Waals surface area (Å²) in [4.78, 5) is 30.1. The third kappa shape index (κ3) is 9.40. The van der Waals surface area contributed by atoms with Crippen LogP contribution in [0.3, 0.4) is 0 Å².